The average molecular weight is 332 g/mol. The third kappa shape index (κ3) is 7.45. The lowest BCUT2D eigenvalue weighted by atomic mass is 10.0. The monoisotopic (exact) mass is 331 g/mol. The van der Waals surface area contributed by atoms with Crippen LogP contribution < -0.4 is 16.0 Å². The number of nitrogens with one attached hydrogen (secondary N) is 3. The van der Waals surface area contributed by atoms with Gasteiger partial charge in [-0.1, -0.05) is 12.8 Å². The van der Waals surface area contributed by atoms with Crippen LogP contribution >= 0.6 is 12.4 Å². The predicted octanol–water partition coefficient (Wildman–Crippen LogP) is 1.61. The Balaban J connectivity index is 0.00000242. The first-order valence-electron chi connectivity index (χ1n) is 8.48. The van der Waals surface area contributed by atoms with Crippen LogP contribution in [0.3, 0.4) is 0 Å². The van der Waals surface area contributed by atoms with Gasteiger partial charge in [-0.3, -0.25) is 9.59 Å². The Morgan fingerprint density at radius 3 is 2.27 bits per heavy atom. The van der Waals surface area contributed by atoms with Gasteiger partial charge in [0.15, 0.2) is 0 Å². The topological polar surface area (TPSA) is 70.2 Å². The van der Waals surface area contributed by atoms with E-state index in [4.69, 9.17) is 0 Å². The van der Waals surface area contributed by atoms with Gasteiger partial charge < -0.3 is 16.0 Å². The Morgan fingerprint density at radius 2 is 1.64 bits per heavy atom. The van der Waals surface area contributed by atoms with E-state index in [0.717, 1.165) is 19.5 Å². The first kappa shape index (κ1) is 19.2. The molecule has 3 N–H and O–H groups in total. The van der Waals surface area contributed by atoms with Crippen LogP contribution in [0.25, 0.3) is 0 Å². The minimum Gasteiger partial charge on any atom is -0.354 e. The van der Waals surface area contributed by atoms with E-state index in [0.29, 0.717) is 37.8 Å². The Morgan fingerprint density at radius 1 is 0.955 bits per heavy atom. The molecule has 6 heteroatoms. The second kappa shape index (κ2) is 10.8. The Kier molecular flexibility index (Phi) is 9.48. The van der Waals surface area contributed by atoms with E-state index in [1.807, 2.05) is 0 Å². The van der Waals surface area contributed by atoms with E-state index in [-0.39, 0.29) is 24.2 Å². The molecule has 1 heterocycles. The smallest absolute Gasteiger partial charge is 0.220 e. The second-order valence-electron chi connectivity index (χ2n) is 6.45. The summed E-state index contributed by atoms with van der Waals surface area (Å²) >= 11 is 0. The minimum atomic E-state index is 0. The third-order valence-corrected chi connectivity index (χ3v) is 4.66. The number of amides is 2. The van der Waals surface area contributed by atoms with Gasteiger partial charge in [-0.05, 0) is 50.6 Å². The Hall–Kier alpha value is -0.810. The van der Waals surface area contributed by atoms with Crippen LogP contribution in [0.4, 0.5) is 0 Å². The summed E-state index contributed by atoms with van der Waals surface area (Å²) in [7, 11) is 0. The summed E-state index contributed by atoms with van der Waals surface area (Å²) in [6.07, 6.45) is 8.33. The van der Waals surface area contributed by atoms with Crippen molar-refractivity contribution in [2.75, 3.05) is 26.2 Å². The number of rotatable bonds is 8. The van der Waals surface area contributed by atoms with Gasteiger partial charge in [0.05, 0.1) is 0 Å². The quantitative estimate of drug-likeness (QED) is 0.592. The molecule has 0 radical (unpaired) electrons. The molecule has 1 aliphatic heterocycles. The van der Waals surface area contributed by atoms with Crippen LogP contribution in [0.2, 0.25) is 0 Å². The zero-order valence-electron chi connectivity index (χ0n) is 13.4. The maximum atomic E-state index is 11.7. The highest BCUT2D eigenvalue weighted by Gasteiger charge is 2.18. The van der Waals surface area contributed by atoms with Crippen molar-refractivity contribution < 1.29 is 9.59 Å². The predicted molar refractivity (Wildman–Crippen MR) is 90.1 cm³/mol. The molecule has 1 aliphatic carbocycles. The lowest BCUT2D eigenvalue weighted by molar-refractivity contribution is -0.123. The van der Waals surface area contributed by atoms with Gasteiger partial charge in [0, 0.05) is 25.9 Å². The molecule has 2 amide bonds. The van der Waals surface area contributed by atoms with Crippen molar-refractivity contribution in [3.63, 3.8) is 0 Å². The molecule has 22 heavy (non-hydrogen) atoms. The Labute approximate surface area is 139 Å². The molecule has 1 atom stereocenters. The van der Waals surface area contributed by atoms with E-state index in [1.165, 1.54) is 32.1 Å². The molecule has 1 unspecified atom stereocenters. The van der Waals surface area contributed by atoms with Gasteiger partial charge in [0.25, 0.3) is 0 Å². The molecular formula is C16H30ClN3O2. The van der Waals surface area contributed by atoms with E-state index in [1.54, 1.807) is 0 Å². The van der Waals surface area contributed by atoms with Crippen molar-refractivity contribution in [2.24, 2.45) is 11.8 Å². The molecule has 1 saturated heterocycles. The van der Waals surface area contributed by atoms with E-state index in [2.05, 4.69) is 16.0 Å². The van der Waals surface area contributed by atoms with Gasteiger partial charge >= 0.3 is 0 Å². The van der Waals surface area contributed by atoms with Gasteiger partial charge in [-0.25, -0.2) is 0 Å². The van der Waals surface area contributed by atoms with Crippen molar-refractivity contribution in [1.29, 1.82) is 0 Å². The largest absolute Gasteiger partial charge is 0.354 e. The molecular weight excluding hydrogens is 302 g/mol. The van der Waals surface area contributed by atoms with Gasteiger partial charge in [0.2, 0.25) is 11.8 Å². The zero-order chi connectivity index (χ0) is 14.9. The standard InChI is InChI=1S/C16H29N3O2.ClH/c20-15(6-5-14-7-8-17-12-14)18-9-10-19-16(21)11-13-3-1-2-4-13;/h13-14,17H,1-12H2,(H,18,20)(H,19,21);1H. The summed E-state index contributed by atoms with van der Waals surface area (Å²) < 4.78 is 0. The molecule has 1 saturated carbocycles. The first-order valence-corrected chi connectivity index (χ1v) is 8.48. The summed E-state index contributed by atoms with van der Waals surface area (Å²) in [6.45, 7) is 3.21. The molecule has 2 aliphatic rings. The number of halogens is 1. The second-order valence-corrected chi connectivity index (χ2v) is 6.45. The first-order chi connectivity index (χ1) is 10.2. The number of carbonyl (C=O) groups excluding carboxylic acids is 2. The maximum Gasteiger partial charge on any atom is 0.220 e. The maximum absolute atomic E-state index is 11.7. The highest BCUT2D eigenvalue weighted by Crippen LogP contribution is 2.27. The normalized spacial score (nSPS) is 21.4. The average Bonchev–Trinajstić information content (AvgIpc) is 3.14. The molecule has 0 aromatic heterocycles. The number of hydrogen-bond donors (Lipinski definition) is 3. The van der Waals surface area contributed by atoms with Crippen molar-refractivity contribution in [1.82, 2.24) is 16.0 Å². The molecule has 0 bridgehead atoms. The van der Waals surface area contributed by atoms with Crippen LogP contribution in [0, 0.1) is 11.8 Å². The van der Waals surface area contributed by atoms with Crippen molar-refractivity contribution in [3.05, 3.63) is 0 Å². The molecule has 128 valence electrons. The zero-order valence-corrected chi connectivity index (χ0v) is 14.2. The molecule has 0 aromatic carbocycles. The summed E-state index contributed by atoms with van der Waals surface area (Å²) in [6, 6.07) is 0. The summed E-state index contributed by atoms with van der Waals surface area (Å²) in [5, 5.41) is 9.09. The number of hydrogen-bond acceptors (Lipinski definition) is 3. The fourth-order valence-electron chi connectivity index (χ4n) is 3.34. The van der Waals surface area contributed by atoms with E-state index < -0.39 is 0 Å². The summed E-state index contributed by atoms with van der Waals surface area (Å²) in [5.74, 6) is 1.47. The summed E-state index contributed by atoms with van der Waals surface area (Å²) in [4.78, 5) is 23.4. The van der Waals surface area contributed by atoms with Crippen LogP contribution in [-0.4, -0.2) is 38.0 Å². The lowest BCUT2D eigenvalue weighted by Crippen LogP contribution is -2.35. The van der Waals surface area contributed by atoms with Crippen LogP contribution in [-0.2, 0) is 9.59 Å². The highest BCUT2D eigenvalue weighted by atomic mass is 35.5. The van der Waals surface area contributed by atoms with Gasteiger partial charge in [-0.15, -0.1) is 12.4 Å². The highest BCUT2D eigenvalue weighted by molar-refractivity contribution is 5.85. The van der Waals surface area contributed by atoms with Gasteiger partial charge in [0.1, 0.15) is 0 Å². The van der Waals surface area contributed by atoms with Crippen LogP contribution in [0.1, 0.15) is 51.4 Å². The summed E-state index contributed by atoms with van der Waals surface area (Å²) in [5.41, 5.74) is 0. The molecule has 0 aromatic rings. The molecule has 0 spiro atoms. The van der Waals surface area contributed by atoms with Crippen LogP contribution in [0.15, 0.2) is 0 Å². The van der Waals surface area contributed by atoms with Crippen molar-refractivity contribution >= 4 is 24.2 Å². The number of carbonyl (C=O) groups is 2. The van der Waals surface area contributed by atoms with Crippen LogP contribution in [0.5, 0.6) is 0 Å². The third-order valence-electron chi connectivity index (χ3n) is 4.66. The molecule has 5 nitrogen and oxygen atoms in total. The van der Waals surface area contributed by atoms with Gasteiger partial charge in [-0.2, -0.15) is 0 Å². The van der Waals surface area contributed by atoms with E-state index in [9.17, 15) is 9.59 Å². The van der Waals surface area contributed by atoms with E-state index >= 15 is 0 Å². The fourth-order valence-corrected chi connectivity index (χ4v) is 3.34. The fraction of sp³-hybridized carbons (Fsp3) is 0.875. The van der Waals surface area contributed by atoms with Crippen molar-refractivity contribution in [3.8, 4) is 0 Å². The molecule has 2 rings (SSSR count). The molecule has 2 fully saturated rings. The lowest BCUT2D eigenvalue weighted by Gasteiger charge is -2.11. The minimum absolute atomic E-state index is 0. The SMILES string of the molecule is Cl.O=C(CCC1CCNC1)NCCNC(=O)CC1CCCC1. The van der Waals surface area contributed by atoms with Crippen molar-refractivity contribution in [2.45, 2.75) is 51.4 Å². The Bertz CT molecular complexity index is 340.